The third kappa shape index (κ3) is 4.43. The van der Waals surface area contributed by atoms with Crippen LogP contribution in [0.25, 0.3) is 0 Å². The van der Waals surface area contributed by atoms with Gasteiger partial charge in [-0.3, -0.25) is 4.72 Å². The molecule has 0 amide bonds. The Hall–Kier alpha value is -1.65. The van der Waals surface area contributed by atoms with Gasteiger partial charge in [-0.25, -0.2) is 13.2 Å². The zero-order valence-corrected chi connectivity index (χ0v) is 14.1. The maximum Gasteiger partial charge on any atom is 0.346 e. The van der Waals surface area contributed by atoms with Gasteiger partial charge in [0.1, 0.15) is 9.09 Å². The fourth-order valence-electron chi connectivity index (χ4n) is 1.71. The van der Waals surface area contributed by atoms with Crippen LogP contribution < -0.4 is 4.72 Å². The van der Waals surface area contributed by atoms with E-state index in [0.717, 1.165) is 0 Å². The van der Waals surface area contributed by atoms with E-state index >= 15 is 0 Å². The molecule has 0 saturated heterocycles. The molecule has 0 radical (unpaired) electrons. The lowest BCUT2D eigenvalue weighted by Crippen LogP contribution is -2.11. The van der Waals surface area contributed by atoms with Crippen molar-refractivity contribution in [2.75, 3.05) is 4.72 Å². The first-order valence-electron chi connectivity index (χ1n) is 6.10. The molecule has 0 spiro atoms. The van der Waals surface area contributed by atoms with Gasteiger partial charge in [-0.05, 0) is 42.8 Å². The fourth-order valence-corrected chi connectivity index (χ4v) is 4.64. The zero-order valence-electron chi connectivity index (χ0n) is 11.6. The number of hydrogen-bond donors (Lipinski definition) is 2. The van der Waals surface area contributed by atoms with E-state index in [1.807, 2.05) is 0 Å². The Kier molecular flexibility index (Phi) is 5.27. The Balaban J connectivity index is 2.21. The largest absolute Gasteiger partial charge is 0.477 e. The maximum absolute atomic E-state index is 12.2. The lowest BCUT2D eigenvalue weighted by Gasteiger charge is -2.07. The summed E-state index contributed by atoms with van der Waals surface area (Å²) in [7, 11) is -3.93. The number of nitrogens with one attached hydrogen (secondary N) is 1. The monoisotopic (exact) mass is 379 g/mol. The summed E-state index contributed by atoms with van der Waals surface area (Å²) in [5, 5.41) is 8.97. The normalized spacial score (nSPS) is 11.7. The second kappa shape index (κ2) is 6.85. The first kappa shape index (κ1) is 17.7. The molecule has 124 valence electrons. The van der Waals surface area contributed by atoms with Crippen molar-refractivity contribution in [3.63, 3.8) is 0 Å². The third-order valence-corrected chi connectivity index (χ3v) is 6.49. The first-order chi connectivity index (χ1) is 10.7. The highest BCUT2D eigenvalue weighted by molar-refractivity contribution is 7.99. The second-order valence-corrected chi connectivity index (χ2v) is 8.42. The molecule has 1 aromatic heterocycles. The van der Waals surface area contributed by atoms with E-state index in [-0.39, 0.29) is 14.8 Å². The number of sulfonamides is 1. The van der Waals surface area contributed by atoms with Gasteiger partial charge in [0.15, 0.2) is 0 Å². The summed E-state index contributed by atoms with van der Waals surface area (Å²) < 4.78 is 51.1. The number of rotatable bonds is 6. The van der Waals surface area contributed by atoms with E-state index in [4.69, 9.17) is 5.11 Å². The number of thiophene rings is 1. The van der Waals surface area contributed by atoms with Crippen LogP contribution in [0.15, 0.2) is 39.4 Å². The Bertz CT molecular complexity index is 816. The molecule has 0 bridgehead atoms. The van der Waals surface area contributed by atoms with E-state index in [9.17, 15) is 22.0 Å². The van der Waals surface area contributed by atoms with Gasteiger partial charge in [-0.2, -0.15) is 8.78 Å². The molecule has 1 heterocycles. The number of hydrogen-bond acceptors (Lipinski definition) is 5. The van der Waals surface area contributed by atoms with Gasteiger partial charge in [0.25, 0.3) is 15.8 Å². The Morgan fingerprint density at radius 2 is 1.91 bits per heavy atom. The minimum atomic E-state index is -3.93. The smallest absolute Gasteiger partial charge is 0.346 e. The van der Waals surface area contributed by atoms with E-state index in [2.05, 4.69) is 4.72 Å². The summed E-state index contributed by atoms with van der Waals surface area (Å²) >= 11 is 1.01. The topological polar surface area (TPSA) is 83.5 Å². The van der Waals surface area contributed by atoms with Crippen LogP contribution in [0.4, 0.5) is 14.5 Å². The van der Waals surface area contributed by atoms with Gasteiger partial charge in [0, 0.05) is 10.6 Å². The number of aryl methyl sites for hydroxylation is 1. The molecule has 5 nitrogen and oxygen atoms in total. The Morgan fingerprint density at radius 3 is 2.39 bits per heavy atom. The van der Waals surface area contributed by atoms with Crippen molar-refractivity contribution in [3.8, 4) is 0 Å². The van der Waals surface area contributed by atoms with Gasteiger partial charge in [-0.1, -0.05) is 11.8 Å². The number of aromatic carboxylic acids is 1. The minimum Gasteiger partial charge on any atom is -0.477 e. The van der Waals surface area contributed by atoms with E-state index in [0.29, 0.717) is 33.6 Å². The molecule has 0 aliphatic heterocycles. The molecular weight excluding hydrogens is 368 g/mol. The molecule has 0 unspecified atom stereocenters. The van der Waals surface area contributed by atoms with E-state index in [1.54, 1.807) is 0 Å². The van der Waals surface area contributed by atoms with Gasteiger partial charge >= 0.3 is 5.97 Å². The standard InChI is InChI=1S/C13H11F2NO4S3/c1-7-6-10(22-11(7)12(17)18)23(19,20)16-8-2-4-9(5-3-8)21-13(14)15/h2-6,13,16H,1H3,(H,17,18). The zero-order chi connectivity index (χ0) is 17.2. The summed E-state index contributed by atoms with van der Waals surface area (Å²) in [5.74, 6) is -3.75. The highest BCUT2D eigenvalue weighted by atomic mass is 32.2. The highest BCUT2D eigenvalue weighted by Crippen LogP contribution is 2.29. The molecule has 2 rings (SSSR count). The predicted molar refractivity (Wildman–Crippen MR) is 85.1 cm³/mol. The number of halogens is 2. The number of alkyl halides is 2. The van der Waals surface area contributed by atoms with Crippen molar-refractivity contribution in [1.82, 2.24) is 0 Å². The van der Waals surface area contributed by atoms with Crippen molar-refractivity contribution in [2.45, 2.75) is 21.8 Å². The van der Waals surface area contributed by atoms with E-state index < -0.39 is 21.8 Å². The van der Waals surface area contributed by atoms with Crippen molar-refractivity contribution in [3.05, 3.63) is 40.8 Å². The van der Waals surface area contributed by atoms with Crippen LogP contribution in [0.2, 0.25) is 0 Å². The van der Waals surface area contributed by atoms with E-state index in [1.165, 1.54) is 37.3 Å². The number of carboxylic acid groups (broad SMARTS) is 1. The van der Waals surface area contributed by atoms with Crippen molar-refractivity contribution >= 4 is 44.8 Å². The summed E-state index contributed by atoms with van der Waals surface area (Å²) in [6.07, 6.45) is 0. The summed E-state index contributed by atoms with van der Waals surface area (Å²) in [6, 6.07) is 6.74. The first-order valence-corrected chi connectivity index (χ1v) is 9.28. The predicted octanol–water partition coefficient (Wildman–Crippen LogP) is 3.87. The highest BCUT2D eigenvalue weighted by Gasteiger charge is 2.21. The molecule has 0 saturated carbocycles. The van der Waals surface area contributed by atoms with Crippen LogP contribution in [-0.2, 0) is 10.0 Å². The average molecular weight is 379 g/mol. The molecular formula is C13H11F2NO4S3. The molecule has 1 aromatic carbocycles. The lowest BCUT2D eigenvalue weighted by molar-refractivity contribution is 0.0701. The molecule has 2 N–H and O–H groups in total. The van der Waals surface area contributed by atoms with Crippen LogP contribution in [0.1, 0.15) is 15.2 Å². The minimum absolute atomic E-state index is 0.0472. The molecule has 0 aliphatic rings. The summed E-state index contributed by atoms with van der Waals surface area (Å²) in [4.78, 5) is 11.2. The molecule has 23 heavy (non-hydrogen) atoms. The van der Waals surface area contributed by atoms with Crippen molar-refractivity contribution in [1.29, 1.82) is 0 Å². The number of thioether (sulfide) groups is 1. The van der Waals surface area contributed by atoms with Crippen LogP contribution in [0.5, 0.6) is 0 Å². The molecule has 0 atom stereocenters. The average Bonchev–Trinajstić information content (AvgIpc) is 2.83. The van der Waals surface area contributed by atoms with Crippen LogP contribution in [-0.4, -0.2) is 25.3 Å². The SMILES string of the molecule is Cc1cc(S(=O)(=O)Nc2ccc(SC(F)F)cc2)sc1C(=O)O. The third-order valence-electron chi connectivity index (χ3n) is 2.69. The quantitative estimate of drug-likeness (QED) is 0.745. The number of anilines is 1. The second-order valence-electron chi connectivity index (χ2n) is 4.39. The van der Waals surface area contributed by atoms with Gasteiger partial charge in [0.2, 0.25) is 0 Å². The summed E-state index contributed by atoms with van der Waals surface area (Å²) in [5.41, 5.74) is 0.554. The number of carbonyl (C=O) groups is 1. The van der Waals surface area contributed by atoms with Gasteiger partial charge < -0.3 is 5.11 Å². The van der Waals surface area contributed by atoms with Crippen LogP contribution in [0.3, 0.4) is 0 Å². The number of carboxylic acids is 1. The van der Waals surface area contributed by atoms with Gasteiger partial charge in [0.05, 0.1) is 0 Å². The van der Waals surface area contributed by atoms with Crippen LogP contribution in [0, 0.1) is 6.92 Å². The summed E-state index contributed by atoms with van der Waals surface area (Å²) in [6.45, 7) is 1.51. The Labute approximate surface area is 139 Å². The van der Waals surface area contributed by atoms with Crippen molar-refractivity contribution < 1.29 is 27.1 Å². The molecule has 0 fully saturated rings. The maximum atomic E-state index is 12.2. The Morgan fingerprint density at radius 1 is 1.30 bits per heavy atom. The van der Waals surface area contributed by atoms with Gasteiger partial charge in [-0.15, -0.1) is 11.3 Å². The molecule has 2 aromatic rings. The lowest BCUT2D eigenvalue weighted by atomic mass is 10.3. The fraction of sp³-hybridized carbons (Fsp3) is 0.154. The molecule has 0 aliphatic carbocycles. The number of benzene rings is 1. The molecule has 10 heteroatoms. The van der Waals surface area contributed by atoms with Crippen molar-refractivity contribution in [2.24, 2.45) is 0 Å². The van der Waals surface area contributed by atoms with Crippen LogP contribution >= 0.6 is 23.1 Å².